The van der Waals surface area contributed by atoms with E-state index in [9.17, 15) is 20.4 Å². The molecule has 1 saturated carbocycles. The lowest BCUT2D eigenvalue weighted by atomic mass is 9.86. The number of aliphatic hydroxyl groups excluding tert-OH is 4. The van der Waals surface area contributed by atoms with E-state index >= 15 is 0 Å². The average Bonchev–Trinajstić information content (AvgIpc) is 2.83. The fourth-order valence-corrected chi connectivity index (χ4v) is 6.02. The van der Waals surface area contributed by atoms with Gasteiger partial charge in [0.05, 0.1) is 37.0 Å². The van der Waals surface area contributed by atoms with Crippen LogP contribution in [0.25, 0.3) is 0 Å². The summed E-state index contributed by atoms with van der Waals surface area (Å²) < 4.78 is 32.9. The monoisotopic (exact) mass is 633 g/mol. The molecule has 14 nitrogen and oxygen atoms in total. The van der Waals surface area contributed by atoms with Crippen LogP contribution < -0.4 is 26.0 Å². The first-order chi connectivity index (χ1) is 17.2. The number of nitrogens with one attached hydrogen (secondary N) is 2. The Balaban J connectivity index is 1.40. The normalized spacial score (nSPS) is 52.1. The maximum absolute atomic E-state index is 11.2. The number of hydrogen-bond donors (Lipinski definition) is 9. The predicted molar refractivity (Wildman–Crippen MR) is 133 cm³/mol. The Morgan fingerprint density at radius 3 is 2.25 bits per heavy atom. The molecule has 0 spiro atoms. The smallest absolute Gasteiger partial charge is 0.187 e. The van der Waals surface area contributed by atoms with Crippen LogP contribution in [-0.2, 0) is 23.7 Å². The number of nitrogens with two attached hydrogens (primary N) is 3. The molecule has 36 heavy (non-hydrogen) atoms. The molecule has 12 N–H and O–H groups in total. The van der Waals surface area contributed by atoms with Gasteiger partial charge in [-0.2, -0.15) is 0 Å². The minimum absolute atomic E-state index is 0.0812. The Kier molecular flexibility index (Phi) is 10.2. The van der Waals surface area contributed by atoms with Gasteiger partial charge >= 0.3 is 0 Å². The highest BCUT2D eigenvalue weighted by Crippen LogP contribution is 2.35. The summed E-state index contributed by atoms with van der Waals surface area (Å²) in [5.74, 6) is 0. The zero-order chi connectivity index (χ0) is 26.1. The number of hydrogen-bond acceptors (Lipinski definition) is 14. The Labute approximate surface area is 223 Å². The number of ether oxygens (including phenoxy) is 5. The third-order valence-electron chi connectivity index (χ3n) is 7.54. The molecule has 4 fully saturated rings. The van der Waals surface area contributed by atoms with E-state index in [0.717, 1.165) is 0 Å². The molecule has 0 aromatic carbocycles. The third-order valence-corrected chi connectivity index (χ3v) is 8.42. The van der Waals surface area contributed by atoms with Crippen LogP contribution in [-0.4, -0.2) is 126 Å². The van der Waals surface area contributed by atoms with Gasteiger partial charge in [-0.3, -0.25) is 3.53 Å². The zero-order valence-corrected chi connectivity index (χ0v) is 22.3. The Morgan fingerprint density at radius 1 is 0.861 bits per heavy atom. The molecular weight excluding hydrogens is 593 g/mol. The molecule has 15 heteroatoms. The van der Waals surface area contributed by atoms with Crippen LogP contribution in [0, 0.1) is 0 Å². The van der Waals surface area contributed by atoms with E-state index in [-0.39, 0.29) is 25.5 Å². The van der Waals surface area contributed by atoms with E-state index in [1.807, 2.05) is 22.9 Å². The highest BCUT2D eigenvalue weighted by atomic mass is 127. The van der Waals surface area contributed by atoms with Crippen LogP contribution >= 0.6 is 22.9 Å². The van der Waals surface area contributed by atoms with E-state index in [2.05, 4.69) is 8.85 Å². The van der Waals surface area contributed by atoms with E-state index in [0.29, 0.717) is 12.8 Å². The van der Waals surface area contributed by atoms with Crippen molar-refractivity contribution in [2.75, 3.05) is 13.7 Å². The Hall–Kier alpha value is 0.170. The van der Waals surface area contributed by atoms with Gasteiger partial charge in [-0.1, -0.05) is 0 Å². The van der Waals surface area contributed by atoms with Gasteiger partial charge in [0.1, 0.15) is 24.4 Å². The molecule has 8 unspecified atom stereocenters. The number of fused-ring (bicyclic) bond motifs is 1. The summed E-state index contributed by atoms with van der Waals surface area (Å²) in [7, 11) is 1.63. The molecule has 0 amide bonds. The van der Waals surface area contributed by atoms with Crippen LogP contribution in [0.5, 0.6) is 0 Å². The maximum atomic E-state index is 11.2. The molecular formula is C21H40IN5O9. The zero-order valence-electron chi connectivity index (χ0n) is 20.1. The Bertz CT molecular complexity index is 705. The lowest BCUT2D eigenvalue weighted by Crippen LogP contribution is -2.69. The van der Waals surface area contributed by atoms with Gasteiger partial charge in [-0.15, -0.1) is 0 Å². The standard InChI is InChI=1S/C21H40IN5O9/c1-26-15-16(31)18-13(32-21(15)36-20-12(30)4-8(23)14(6-28)33-20)5-10(25)19(35-18)34-17-9(24)2-7(27-22)3-11(17)29/h7-21,26-31H,2-6,23-25H2,1H3/t7-,8+,9?,10?,11-,12?,13+,14?,15?,16?,17-,18?,19+,20-,21?/m1/s1. The minimum atomic E-state index is -1.10. The van der Waals surface area contributed by atoms with Gasteiger partial charge in [-0.25, -0.2) is 0 Å². The lowest BCUT2D eigenvalue weighted by Gasteiger charge is -2.51. The van der Waals surface area contributed by atoms with Gasteiger partial charge in [0.2, 0.25) is 0 Å². The summed E-state index contributed by atoms with van der Waals surface area (Å²) in [5, 5.41) is 44.6. The van der Waals surface area contributed by atoms with Gasteiger partial charge < -0.3 is 66.6 Å². The first-order valence-electron chi connectivity index (χ1n) is 12.4. The van der Waals surface area contributed by atoms with Crippen molar-refractivity contribution in [3.63, 3.8) is 0 Å². The van der Waals surface area contributed by atoms with Gasteiger partial charge in [0.25, 0.3) is 0 Å². The molecule has 3 saturated heterocycles. The molecule has 15 atom stereocenters. The molecule has 0 aromatic rings. The quantitative estimate of drug-likeness (QED) is 0.0965. The summed E-state index contributed by atoms with van der Waals surface area (Å²) >= 11 is 2.05. The van der Waals surface area contributed by atoms with E-state index in [4.69, 9.17) is 40.9 Å². The summed E-state index contributed by atoms with van der Waals surface area (Å²) in [6, 6.07) is -2.22. The predicted octanol–water partition coefficient (Wildman–Crippen LogP) is -3.91. The fourth-order valence-electron chi connectivity index (χ4n) is 5.51. The summed E-state index contributed by atoms with van der Waals surface area (Å²) in [5.41, 5.74) is 18.5. The molecule has 4 rings (SSSR count). The molecule has 0 radical (unpaired) electrons. The van der Waals surface area contributed by atoms with Gasteiger partial charge in [-0.05, 0) is 32.7 Å². The number of likely N-dealkylation sites (N-methyl/N-ethyl adjacent to an activating group) is 1. The minimum Gasteiger partial charge on any atom is -0.394 e. The van der Waals surface area contributed by atoms with Crippen LogP contribution in [0.1, 0.15) is 25.7 Å². The molecule has 3 aliphatic heterocycles. The van der Waals surface area contributed by atoms with Crippen molar-refractivity contribution in [1.82, 2.24) is 8.85 Å². The first-order valence-corrected chi connectivity index (χ1v) is 13.5. The summed E-state index contributed by atoms with van der Waals surface area (Å²) in [6.07, 6.45) is -7.09. The number of rotatable bonds is 7. The largest absolute Gasteiger partial charge is 0.394 e. The molecule has 1 aliphatic carbocycles. The van der Waals surface area contributed by atoms with E-state index < -0.39 is 85.8 Å². The van der Waals surface area contributed by atoms with Gasteiger partial charge in [0, 0.05) is 41.0 Å². The average molecular weight is 633 g/mol. The SMILES string of the molecule is CNC1C(O[C@H]2OC(CO)[C@@H](N)CC2O)O[C@H]2CC(N)[C@@H](O[C@@H]3C(N)C[C@@H](NI)C[C@H]3O)OC2C1O. The van der Waals surface area contributed by atoms with E-state index in [1.54, 1.807) is 7.05 Å². The van der Waals surface area contributed by atoms with Crippen LogP contribution in [0.15, 0.2) is 0 Å². The molecule has 210 valence electrons. The van der Waals surface area contributed by atoms with Crippen LogP contribution in [0.4, 0.5) is 0 Å². The van der Waals surface area contributed by atoms with Crippen molar-refractivity contribution in [2.45, 2.75) is 117 Å². The van der Waals surface area contributed by atoms with Crippen LogP contribution in [0.2, 0.25) is 0 Å². The first kappa shape index (κ1) is 29.2. The molecule has 0 bridgehead atoms. The number of aliphatic hydroxyl groups is 4. The third kappa shape index (κ3) is 6.15. The summed E-state index contributed by atoms with van der Waals surface area (Å²) in [4.78, 5) is 0. The summed E-state index contributed by atoms with van der Waals surface area (Å²) in [6.45, 7) is -0.319. The maximum Gasteiger partial charge on any atom is 0.187 e. The topological polar surface area (TPSA) is 229 Å². The van der Waals surface area contributed by atoms with E-state index in [1.165, 1.54) is 0 Å². The fraction of sp³-hybridized carbons (Fsp3) is 1.00. The second-order valence-electron chi connectivity index (χ2n) is 10.2. The molecule has 3 heterocycles. The second kappa shape index (κ2) is 12.6. The Morgan fingerprint density at radius 2 is 1.61 bits per heavy atom. The highest BCUT2D eigenvalue weighted by Gasteiger charge is 2.53. The molecule has 4 aliphatic rings. The van der Waals surface area contributed by atoms with Crippen molar-refractivity contribution in [3.05, 3.63) is 0 Å². The van der Waals surface area contributed by atoms with Crippen LogP contribution in [0.3, 0.4) is 0 Å². The second-order valence-corrected chi connectivity index (χ2v) is 10.8. The van der Waals surface area contributed by atoms with Gasteiger partial charge in [0.15, 0.2) is 18.9 Å². The highest BCUT2D eigenvalue weighted by molar-refractivity contribution is 14.1. The molecule has 0 aromatic heterocycles. The number of halogens is 1. The van der Waals surface area contributed by atoms with Crippen molar-refractivity contribution in [1.29, 1.82) is 0 Å². The van der Waals surface area contributed by atoms with Crippen molar-refractivity contribution in [2.24, 2.45) is 17.2 Å². The van der Waals surface area contributed by atoms with Crippen molar-refractivity contribution < 1.29 is 44.1 Å². The lowest BCUT2D eigenvalue weighted by molar-refractivity contribution is -0.367. The van der Waals surface area contributed by atoms with Crippen molar-refractivity contribution in [3.8, 4) is 0 Å². The van der Waals surface area contributed by atoms with Crippen molar-refractivity contribution >= 4 is 22.9 Å².